The van der Waals surface area contributed by atoms with Crippen LogP contribution in [0, 0.1) is 0 Å². The predicted octanol–water partition coefficient (Wildman–Crippen LogP) is 2.79. The summed E-state index contributed by atoms with van der Waals surface area (Å²) in [5.41, 5.74) is 1.47. The number of aliphatic hydroxyl groups is 1. The molecule has 0 spiro atoms. The maximum atomic E-state index is 9.93. The minimum atomic E-state index is -0.0915. The maximum Gasteiger partial charge on any atom is 0.0668 e. The Bertz CT molecular complexity index is 350. The van der Waals surface area contributed by atoms with Gasteiger partial charge in [0.15, 0.2) is 0 Å². The first-order valence-corrected chi connectivity index (χ1v) is 6.18. The highest BCUT2D eigenvalue weighted by Gasteiger charge is 2.39. The average Bonchev–Trinajstić information content (AvgIpc) is 2.59. The Morgan fingerprint density at radius 1 is 1.21 bits per heavy atom. The van der Waals surface area contributed by atoms with E-state index in [0.717, 1.165) is 6.42 Å². The Balaban J connectivity index is 2.00. The second kappa shape index (κ2) is 3.28. The van der Waals surface area contributed by atoms with Crippen molar-refractivity contribution in [1.29, 1.82) is 0 Å². The van der Waals surface area contributed by atoms with Gasteiger partial charge < -0.3 is 5.11 Å². The topological polar surface area (TPSA) is 20.2 Å². The number of fused-ring (bicyclic) bond motifs is 3. The van der Waals surface area contributed by atoms with Crippen LogP contribution in [0.25, 0.3) is 0 Å². The van der Waals surface area contributed by atoms with E-state index in [1.54, 1.807) is 0 Å². The molecule has 3 atom stereocenters. The van der Waals surface area contributed by atoms with Crippen LogP contribution in [0.3, 0.4) is 0 Å². The summed E-state index contributed by atoms with van der Waals surface area (Å²) in [6.07, 6.45) is 3.33. The predicted molar refractivity (Wildman–Crippen MR) is 58.7 cm³/mol. The molecule has 0 saturated heterocycles. The minimum Gasteiger partial charge on any atom is -0.392 e. The summed E-state index contributed by atoms with van der Waals surface area (Å²) in [7, 11) is 0. The van der Waals surface area contributed by atoms with Gasteiger partial charge in [-0.25, -0.2) is 0 Å². The first kappa shape index (κ1) is 8.81. The van der Waals surface area contributed by atoms with Gasteiger partial charge in [-0.2, -0.15) is 0 Å². The van der Waals surface area contributed by atoms with Gasteiger partial charge in [-0.15, -0.1) is 11.8 Å². The number of rotatable bonds is 0. The van der Waals surface area contributed by atoms with Crippen molar-refractivity contribution in [1.82, 2.24) is 0 Å². The van der Waals surface area contributed by atoms with Crippen molar-refractivity contribution in [2.45, 2.75) is 41.4 Å². The van der Waals surface area contributed by atoms with Crippen LogP contribution in [0.4, 0.5) is 0 Å². The summed E-state index contributed by atoms with van der Waals surface area (Å²) in [6, 6.07) is 8.62. The smallest absolute Gasteiger partial charge is 0.0668 e. The molecule has 2 aliphatic rings. The molecule has 3 rings (SSSR count). The van der Waals surface area contributed by atoms with E-state index in [4.69, 9.17) is 0 Å². The lowest BCUT2D eigenvalue weighted by atomic mass is 9.82. The van der Waals surface area contributed by atoms with Crippen molar-refractivity contribution in [2.75, 3.05) is 0 Å². The molecule has 1 nitrogen and oxygen atoms in total. The van der Waals surface area contributed by atoms with Crippen LogP contribution in [-0.2, 0) is 0 Å². The molecule has 1 fully saturated rings. The second-order valence-electron chi connectivity index (χ2n) is 4.23. The highest BCUT2D eigenvalue weighted by atomic mass is 32.2. The van der Waals surface area contributed by atoms with Gasteiger partial charge in [0, 0.05) is 10.1 Å². The van der Waals surface area contributed by atoms with E-state index in [0.29, 0.717) is 11.2 Å². The first-order chi connectivity index (χ1) is 6.86. The van der Waals surface area contributed by atoms with Crippen LogP contribution in [0.15, 0.2) is 29.2 Å². The third-order valence-corrected chi connectivity index (χ3v) is 4.91. The van der Waals surface area contributed by atoms with Gasteiger partial charge in [0.1, 0.15) is 0 Å². The van der Waals surface area contributed by atoms with Crippen LogP contribution >= 0.6 is 11.8 Å². The van der Waals surface area contributed by atoms with E-state index in [-0.39, 0.29) is 6.10 Å². The molecule has 1 aromatic carbocycles. The largest absolute Gasteiger partial charge is 0.392 e. The van der Waals surface area contributed by atoms with Crippen LogP contribution in [-0.4, -0.2) is 16.5 Å². The molecule has 14 heavy (non-hydrogen) atoms. The molecule has 0 bridgehead atoms. The average molecular weight is 206 g/mol. The monoisotopic (exact) mass is 206 g/mol. The van der Waals surface area contributed by atoms with Gasteiger partial charge in [0.2, 0.25) is 0 Å². The van der Waals surface area contributed by atoms with E-state index < -0.39 is 0 Å². The number of thioether (sulfide) groups is 1. The van der Waals surface area contributed by atoms with Crippen molar-refractivity contribution >= 4 is 11.8 Å². The lowest BCUT2D eigenvalue weighted by Gasteiger charge is -2.29. The van der Waals surface area contributed by atoms with Gasteiger partial charge in [-0.1, -0.05) is 24.6 Å². The summed E-state index contributed by atoms with van der Waals surface area (Å²) >= 11 is 1.88. The van der Waals surface area contributed by atoms with Crippen molar-refractivity contribution in [3.05, 3.63) is 29.8 Å². The van der Waals surface area contributed by atoms with E-state index in [9.17, 15) is 5.11 Å². The van der Waals surface area contributed by atoms with Crippen molar-refractivity contribution in [3.8, 4) is 0 Å². The second-order valence-corrected chi connectivity index (χ2v) is 5.44. The Morgan fingerprint density at radius 3 is 3.00 bits per heavy atom. The standard InChI is InChI=1S/C12H14OS/c13-10-6-3-5-9-8-4-1-2-7-11(8)14-12(9)10/h1-2,4,7,9-10,12-13H,3,5-6H2. The molecule has 0 amide bonds. The maximum absolute atomic E-state index is 9.93. The van der Waals surface area contributed by atoms with Crippen LogP contribution in [0.2, 0.25) is 0 Å². The summed E-state index contributed by atoms with van der Waals surface area (Å²) < 4.78 is 0. The van der Waals surface area contributed by atoms with Crippen LogP contribution in [0.1, 0.15) is 30.7 Å². The lowest BCUT2D eigenvalue weighted by molar-refractivity contribution is 0.128. The van der Waals surface area contributed by atoms with E-state index in [2.05, 4.69) is 24.3 Å². The number of aliphatic hydroxyl groups excluding tert-OH is 1. The highest BCUT2D eigenvalue weighted by molar-refractivity contribution is 8.00. The Kier molecular flexibility index (Phi) is 2.06. The zero-order valence-corrected chi connectivity index (χ0v) is 8.83. The molecule has 74 valence electrons. The van der Waals surface area contributed by atoms with E-state index in [1.807, 2.05) is 11.8 Å². The van der Waals surface area contributed by atoms with Gasteiger partial charge >= 0.3 is 0 Å². The van der Waals surface area contributed by atoms with Crippen molar-refractivity contribution in [3.63, 3.8) is 0 Å². The molecule has 1 N–H and O–H groups in total. The Labute approximate surface area is 88.5 Å². The quantitative estimate of drug-likeness (QED) is 0.704. The fourth-order valence-corrected chi connectivity index (χ4v) is 4.22. The van der Waals surface area contributed by atoms with Gasteiger partial charge in [-0.3, -0.25) is 0 Å². The zero-order chi connectivity index (χ0) is 9.54. The van der Waals surface area contributed by atoms with E-state index >= 15 is 0 Å². The highest BCUT2D eigenvalue weighted by Crippen LogP contribution is 2.51. The molecule has 0 aromatic heterocycles. The molecule has 0 radical (unpaired) electrons. The Morgan fingerprint density at radius 2 is 2.07 bits per heavy atom. The van der Waals surface area contributed by atoms with Crippen molar-refractivity contribution < 1.29 is 5.11 Å². The van der Waals surface area contributed by atoms with Crippen LogP contribution in [0.5, 0.6) is 0 Å². The van der Waals surface area contributed by atoms with Gasteiger partial charge in [0.25, 0.3) is 0 Å². The van der Waals surface area contributed by atoms with Gasteiger partial charge in [0.05, 0.1) is 6.10 Å². The fraction of sp³-hybridized carbons (Fsp3) is 0.500. The number of benzene rings is 1. The molecular weight excluding hydrogens is 192 g/mol. The minimum absolute atomic E-state index is 0.0915. The summed E-state index contributed by atoms with van der Waals surface area (Å²) in [4.78, 5) is 1.39. The normalized spacial score (nSPS) is 35.1. The SMILES string of the molecule is OC1CCCC2c3ccccc3SC12. The van der Waals surface area contributed by atoms with Crippen LogP contribution < -0.4 is 0 Å². The molecular formula is C12H14OS. The lowest BCUT2D eigenvalue weighted by Crippen LogP contribution is -2.30. The fourth-order valence-electron chi connectivity index (χ4n) is 2.68. The molecule has 1 saturated carbocycles. The number of hydrogen-bond donors (Lipinski definition) is 1. The third-order valence-electron chi connectivity index (χ3n) is 3.37. The molecule has 1 aromatic rings. The molecule has 2 heteroatoms. The summed E-state index contributed by atoms with van der Waals surface area (Å²) in [5.74, 6) is 0.611. The number of hydrogen-bond acceptors (Lipinski definition) is 2. The zero-order valence-electron chi connectivity index (χ0n) is 8.02. The molecule has 3 unspecified atom stereocenters. The van der Waals surface area contributed by atoms with Gasteiger partial charge in [-0.05, 0) is 30.4 Å². The van der Waals surface area contributed by atoms with E-state index in [1.165, 1.54) is 23.3 Å². The summed E-state index contributed by atoms with van der Waals surface area (Å²) in [5, 5.41) is 10.4. The first-order valence-electron chi connectivity index (χ1n) is 5.30. The molecule has 1 aliphatic heterocycles. The third kappa shape index (κ3) is 1.21. The Hall–Kier alpha value is -0.470. The molecule has 1 heterocycles. The summed E-state index contributed by atoms with van der Waals surface area (Å²) in [6.45, 7) is 0. The molecule has 1 aliphatic carbocycles. The van der Waals surface area contributed by atoms with Crippen molar-refractivity contribution in [2.24, 2.45) is 0 Å².